The second-order valence-corrected chi connectivity index (χ2v) is 2.87. The van der Waals surface area contributed by atoms with Gasteiger partial charge in [-0.2, -0.15) is 14.3 Å². The van der Waals surface area contributed by atoms with Crippen molar-refractivity contribution in [1.82, 2.24) is 14.3 Å². The van der Waals surface area contributed by atoms with Crippen molar-refractivity contribution in [3.05, 3.63) is 47.1 Å². The number of para-hydroxylation sites is 1. The fourth-order valence-electron chi connectivity index (χ4n) is 1.20. The summed E-state index contributed by atoms with van der Waals surface area (Å²) in [5, 5.41) is 3.77. The normalized spacial score (nSPS) is 10.1. The van der Waals surface area contributed by atoms with Gasteiger partial charge in [-0.25, -0.2) is 9.59 Å². The molecule has 76 valence electrons. The molecule has 6 heteroatoms. The molecule has 0 aliphatic rings. The Morgan fingerprint density at radius 3 is 2.47 bits per heavy atom. The highest BCUT2D eigenvalue weighted by molar-refractivity contribution is 5.74. The Kier molecular flexibility index (Phi) is 2.09. The third-order valence-corrected chi connectivity index (χ3v) is 1.91. The van der Waals surface area contributed by atoms with Crippen LogP contribution < -0.4 is 11.4 Å². The van der Waals surface area contributed by atoms with Crippen molar-refractivity contribution in [3.63, 3.8) is 0 Å². The first-order valence-corrected chi connectivity index (χ1v) is 4.22. The Bertz CT molecular complexity index is 541. The van der Waals surface area contributed by atoms with Gasteiger partial charge in [0, 0.05) is 0 Å². The SMILES string of the molecule is NC(=O)n1cnn(-c2ccccc2)c1=O. The minimum absolute atomic E-state index is 0.575. The van der Waals surface area contributed by atoms with Gasteiger partial charge in [0.1, 0.15) is 6.33 Å². The fraction of sp³-hybridized carbons (Fsp3) is 0. The lowest BCUT2D eigenvalue weighted by Crippen LogP contribution is -2.32. The monoisotopic (exact) mass is 204 g/mol. The summed E-state index contributed by atoms with van der Waals surface area (Å²) in [6.07, 6.45) is 1.09. The van der Waals surface area contributed by atoms with E-state index in [1.54, 1.807) is 24.3 Å². The number of hydrogen-bond donors (Lipinski definition) is 1. The molecule has 0 saturated heterocycles. The van der Waals surface area contributed by atoms with Crippen LogP contribution in [0.5, 0.6) is 0 Å². The van der Waals surface area contributed by atoms with Crippen molar-refractivity contribution in [3.8, 4) is 5.69 Å². The molecule has 0 bridgehead atoms. The highest BCUT2D eigenvalue weighted by Gasteiger charge is 2.09. The van der Waals surface area contributed by atoms with Crippen LogP contribution >= 0.6 is 0 Å². The highest BCUT2D eigenvalue weighted by atomic mass is 16.2. The number of primary amides is 1. The van der Waals surface area contributed by atoms with Gasteiger partial charge < -0.3 is 5.73 Å². The first-order chi connectivity index (χ1) is 7.20. The molecule has 1 heterocycles. The number of carbonyl (C=O) groups is 1. The molecule has 6 nitrogen and oxygen atoms in total. The summed E-state index contributed by atoms with van der Waals surface area (Å²) in [4.78, 5) is 22.4. The van der Waals surface area contributed by atoms with E-state index in [-0.39, 0.29) is 0 Å². The molecule has 15 heavy (non-hydrogen) atoms. The van der Waals surface area contributed by atoms with Crippen LogP contribution in [-0.2, 0) is 0 Å². The Labute approximate surface area is 84.6 Å². The van der Waals surface area contributed by atoms with Gasteiger partial charge in [0.25, 0.3) is 0 Å². The van der Waals surface area contributed by atoms with Gasteiger partial charge in [0.05, 0.1) is 5.69 Å². The summed E-state index contributed by atoms with van der Waals surface area (Å²) in [5.41, 5.74) is 4.99. The van der Waals surface area contributed by atoms with E-state index in [0.717, 1.165) is 15.6 Å². The second-order valence-electron chi connectivity index (χ2n) is 2.87. The number of aromatic nitrogens is 3. The third-order valence-electron chi connectivity index (χ3n) is 1.91. The van der Waals surface area contributed by atoms with E-state index < -0.39 is 11.7 Å². The maximum atomic E-state index is 11.6. The van der Waals surface area contributed by atoms with Gasteiger partial charge in [-0.15, -0.1) is 0 Å². The zero-order chi connectivity index (χ0) is 10.8. The molecule has 2 rings (SSSR count). The van der Waals surface area contributed by atoms with Crippen molar-refractivity contribution in [2.75, 3.05) is 0 Å². The number of nitrogens with zero attached hydrogens (tertiary/aromatic N) is 3. The Hall–Kier alpha value is -2.37. The van der Waals surface area contributed by atoms with Crippen LogP contribution in [0.25, 0.3) is 5.69 Å². The Morgan fingerprint density at radius 1 is 1.27 bits per heavy atom. The van der Waals surface area contributed by atoms with Crippen LogP contribution in [0.2, 0.25) is 0 Å². The zero-order valence-electron chi connectivity index (χ0n) is 7.70. The van der Waals surface area contributed by atoms with E-state index >= 15 is 0 Å². The number of amides is 1. The van der Waals surface area contributed by atoms with Crippen LogP contribution in [0.3, 0.4) is 0 Å². The molecule has 0 aliphatic carbocycles. The Morgan fingerprint density at radius 2 is 1.93 bits per heavy atom. The summed E-state index contributed by atoms with van der Waals surface area (Å²) < 4.78 is 1.84. The van der Waals surface area contributed by atoms with E-state index in [1.807, 2.05) is 6.07 Å². The van der Waals surface area contributed by atoms with Gasteiger partial charge >= 0.3 is 11.7 Å². The van der Waals surface area contributed by atoms with Crippen molar-refractivity contribution in [1.29, 1.82) is 0 Å². The predicted octanol–water partition coefficient (Wildman–Crippen LogP) is -0.0392. The molecule has 0 radical (unpaired) electrons. The molecule has 1 aromatic carbocycles. The van der Waals surface area contributed by atoms with Gasteiger partial charge in [0.15, 0.2) is 0 Å². The number of nitrogens with two attached hydrogens (primary N) is 1. The Balaban J connectivity index is 2.57. The topological polar surface area (TPSA) is 82.9 Å². The lowest BCUT2D eigenvalue weighted by atomic mass is 10.3. The summed E-state index contributed by atoms with van der Waals surface area (Å²) in [7, 11) is 0. The molecular formula is C9H8N4O2. The first-order valence-electron chi connectivity index (χ1n) is 4.22. The third kappa shape index (κ3) is 1.52. The minimum atomic E-state index is -0.845. The van der Waals surface area contributed by atoms with E-state index in [0.29, 0.717) is 5.69 Å². The van der Waals surface area contributed by atoms with Crippen LogP contribution in [-0.4, -0.2) is 20.4 Å². The van der Waals surface area contributed by atoms with E-state index in [9.17, 15) is 9.59 Å². The van der Waals surface area contributed by atoms with Gasteiger partial charge in [-0.1, -0.05) is 18.2 Å². The van der Waals surface area contributed by atoms with Crippen molar-refractivity contribution < 1.29 is 4.79 Å². The molecule has 2 aromatic rings. The van der Waals surface area contributed by atoms with E-state index in [4.69, 9.17) is 5.73 Å². The summed E-state index contributed by atoms with van der Waals surface area (Å²) >= 11 is 0. The minimum Gasteiger partial charge on any atom is -0.351 e. The van der Waals surface area contributed by atoms with Gasteiger partial charge in [0.2, 0.25) is 0 Å². The second kappa shape index (κ2) is 3.41. The predicted molar refractivity (Wildman–Crippen MR) is 52.8 cm³/mol. The molecule has 1 aromatic heterocycles. The highest BCUT2D eigenvalue weighted by Crippen LogP contribution is 2.00. The molecule has 0 spiro atoms. The molecular weight excluding hydrogens is 196 g/mol. The fourth-order valence-corrected chi connectivity index (χ4v) is 1.20. The summed E-state index contributed by atoms with van der Waals surface area (Å²) in [5.74, 6) is 0. The maximum absolute atomic E-state index is 11.6. The molecule has 0 aliphatic heterocycles. The average molecular weight is 204 g/mol. The zero-order valence-corrected chi connectivity index (χ0v) is 7.70. The lowest BCUT2D eigenvalue weighted by molar-refractivity contribution is 0.249. The maximum Gasteiger partial charge on any atom is 0.358 e. The largest absolute Gasteiger partial charge is 0.358 e. The first kappa shape index (κ1) is 9.20. The number of benzene rings is 1. The van der Waals surface area contributed by atoms with E-state index in [2.05, 4.69) is 5.10 Å². The lowest BCUT2D eigenvalue weighted by Gasteiger charge is -1.96. The molecule has 0 fully saturated rings. The van der Waals surface area contributed by atoms with E-state index in [1.165, 1.54) is 0 Å². The summed E-state index contributed by atoms with van der Waals surface area (Å²) in [6.45, 7) is 0. The summed E-state index contributed by atoms with van der Waals surface area (Å²) in [6, 6.07) is 7.93. The number of rotatable bonds is 1. The smallest absolute Gasteiger partial charge is 0.351 e. The van der Waals surface area contributed by atoms with Crippen LogP contribution in [0.15, 0.2) is 41.5 Å². The van der Waals surface area contributed by atoms with Crippen molar-refractivity contribution in [2.24, 2.45) is 5.73 Å². The molecule has 0 unspecified atom stereocenters. The molecule has 1 amide bonds. The average Bonchev–Trinajstić information content (AvgIpc) is 2.61. The quantitative estimate of drug-likeness (QED) is 0.707. The molecule has 2 N–H and O–H groups in total. The molecule has 0 saturated carbocycles. The number of carbonyl (C=O) groups excluding carboxylic acids is 1. The number of hydrogen-bond acceptors (Lipinski definition) is 3. The van der Waals surface area contributed by atoms with Gasteiger partial charge in [-0.05, 0) is 12.1 Å². The van der Waals surface area contributed by atoms with Crippen LogP contribution in [0.1, 0.15) is 0 Å². The van der Waals surface area contributed by atoms with Crippen molar-refractivity contribution in [2.45, 2.75) is 0 Å². The van der Waals surface area contributed by atoms with Crippen LogP contribution in [0.4, 0.5) is 4.79 Å². The van der Waals surface area contributed by atoms with Crippen LogP contribution in [0, 0.1) is 0 Å². The standard InChI is InChI=1S/C9H8N4O2/c10-8(14)12-6-11-13(9(12)15)7-4-2-1-3-5-7/h1-6H,(H2,10,14). The molecule has 0 atom stereocenters. The van der Waals surface area contributed by atoms with Crippen molar-refractivity contribution >= 4 is 6.03 Å². The van der Waals surface area contributed by atoms with Gasteiger partial charge in [-0.3, -0.25) is 0 Å².